The van der Waals surface area contributed by atoms with Crippen molar-refractivity contribution in [3.05, 3.63) is 0 Å². The number of quaternary nitrogens is 1. The molecule has 4 unspecified atom stereocenters. The lowest BCUT2D eigenvalue weighted by molar-refractivity contribution is -0.870. The molecule has 0 spiro atoms. The van der Waals surface area contributed by atoms with Crippen LogP contribution in [0.1, 0.15) is 194 Å². The van der Waals surface area contributed by atoms with Crippen LogP contribution in [0.5, 0.6) is 0 Å². The minimum absolute atomic E-state index is 0.0298. The van der Waals surface area contributed by atoms with Gasteiger partial charge in [0.25, 0.3) is 0 Å². The second-order valence-electron chi connectivity index (χ2n) is 16.3. The molecule has 0 bridgehead atoms. The van der Waals surface area contributed by atoms with Crippen LogP contribution in [0.15, 0.2) is 0 Å². The van der Waals surface area contributed by atoms with Crippen molar-refractivity contribution in [3.63, 3.8) is 0 Å². The number of nitrogens with zero attached hydrogens (tertiary/aromatic N) is 1. The zero-order valence-corrected chi connectivity index (χ0v) is 39.4. The van der Waals surface area contributed by atoms with Gasteiger partial charge in [-0.15, -0.1) is 0 Å². The molecule has 4 atom stereocenters. The summed E-state index contributed by atoms with van der Waals surface area (Å²) in [5.74, 6) is -0.808. The maximum absolute atomic E-state index is 12.7. The van der Waals surface area contributed by atoms with Gasteiger partial charge in [0.05, 0.1) is 27.7 Å². The van der Waals surface area contributed by atoms with Crippen LogP contribution in [0, 0.1) is 0 Å². The van der Waals surface area contributed by atoms with Crippen LogP contribution >= 0.6 is 39.7 Å². The van der Waals surface area contributed by atoms with Crippen molar-refractivity contribution < 1.29 is 42.1 Å². The summed E-state index contributed by atoms with van der Waals surface area (Å²) in [6.45, 7) is 4.40. The number of halogens is 2. The summed E-state index contributed by atoms with van der Waals surface area (Å²) in [5.41, 5.74) is 0. The quantitative estimate of drug-likeness (QED) is 0.0213. The fourth-order valence-electron chi connectivity index (χ4n) is 6.17. The zero-order chi connectivity index (χ0) is 40.3. The number of likely N-dealkylation sites (N-methyl/N-ethyl adjacent to an activating group) is 1. The largest absolute Gasteiger partial charge is 0.472 e. The lowest BCUT2D eigenvalue weighted by Gasteiger charge is -2.24. The standard InChI is InChI=1S/C42H82Br2NO8P/c1-6-8-10-12-14-15-16-17-18-19-20-24-28-32-41(46)50-36-38(37-52-54(48,49)51-35-34-45(3,4)5)53-42(47)33-29-25-21-23-27-31-40(44)39(43)30-26-22-13-11-9-7-2/h38-40H,6-37H2,1-5H3/p+1. The van der Waals surface area contributed by atoms with Crippen molar-refractivity contribution in [3.8, 4) is 0 Å². The van der Waals surface area contributed by atoms with Gasteiger partial charge in [-0.2, -0.15) is 0 Å². The molecule has 0 saturated heterocycles. The molecule has 54 heavy (non-hydrogen) atoms. The van der Waals surface area contributed by atoms with Crippen LogP contribution in [-0.4, -0.2) is 84.6 Å². The van der Waals surface area contributed by atoms with Gasteiger partial charge in [0.1, 0.15) is 19.8 Å². The molecular formula is C42H83Br2NO8P+. The average Bonchev–Trinajstić information content (AvgIpc) is 3.11. The molecule has 0 heterocycles. The fourth-order valence-corrected chi connectivity index (χ4v) is 8.09. The molecule has 9 nitrogen and oxygen atoms in total. The van der Waals surface area contributed by atoms with Gasteiger partial charge in [-0.25, -0.2) is 4.57 Å². The molecule has 0 aromatic rings. The van der Waals surface area contributed by atoms with Gasteiger partial charge < -0.3 is 18.9 Å². The second kappa shape index (κ2) is 36.1. The highest BCUT2D eigenvalue weighted by Gasteiger charge is 2.27. The third-order valence-electron chi connectivity index (χ3n) is 9.74. The lowest BCUT2D eigenvalue weighted by atomic mass is 10.0. The maximum Gasteiger partial charge on any atom is 0.472 e. The Morgan fingerprint density at radius 3 is 1.39 bits per heavy atom. The summed E-state index contributed by atoms with van der Waals surface area (Å²) >= 11 is 7.75. The molecule has 0 aliphatic heterocycles. The van der Waals surface area contributed by atoms with Crippen LogP contribution in [0.4, 0.5) is 0 Å². The summed E-state index contributed by atoms with van der Waals surface area (Å²) in [4.78, 5) is 36.4. The number of unbranched alkanes of at least 4 members (excludes halogenated alkanes) is 21. The van der Waals surface area contributed by atoms with Crippen molar-refractivity contribution in [2.45, 2.75) is 209 Å². The predicted octanol–water partition coefficient (Wildman–Crippen LogP) is 12.8. The van der Waals surface area contributed by atoms with Gasteiger partial charge in [-0.1, -0.05) is 187 Å². The van der Waals surface area contributed by atoms with E-state index in [2.05, 4.69) is 45.7 Å². The summed E-state index contributed by atoms with van der Waals surface area (Å²) in [6, 6.07) is 0. The number of ether oxygens (including phenoxy) is 2. The molecule has 0 saturated carbocycles. The number of hydrogen-bond acceptors (Lipinski definition) is 7. The summed E-state index contributed by atoms with van der Waals surface area (Å²) in [7, 11) is 1.47. The Balaban J connectivity index is 4.46. The summed E-state index contributed by atoms with van der Waals surface area (Å²) in [5, 5.41) is 0. The number of alkyl halides is 2. The van der Waals surface area contributed by atoms with Gasteiger partial charge >= 0.3 is 19.8 Å². The highest BCUT2D eigenvalue weighted by atomic mass is 79.9. The predicted molar refractivity (Wildman–Crippen MR) is 232 cm³/mol. The van der Waals surface area contributed by atoms with E-state index in [9.17, 15) is 19.0 Å². The van der Waals surface area contributed by atoms with Crippen molar-refractivity contribution in [2.75, 3.05) is 47.5 Å². The van der Waals surface area contributed by atoms with E-state index in [0.29, 0.717) is 27.1 Å². The van der Waals surface area contributed by atoms with E-state index in [-0.39, 0.29) is 32.0 Å². The number of phosphoric ester groups is 1. The monoisotopic (exact) mass is 918 g/mol. The zero-order valence-electron chi connectivity index (χ0n) is 35.3. The number of carbonyl (C=O) groups excluding carboxylic acids is 2. The van der Waals surface area contributed by atoms with E-state index >= 15 is 0 Å². The molecule has 0 radical (unpaired) electrons. The topological polar surface area (TPSA) is 108 Å². The number of hydrogen-bond donors (Lipinski definition) is 1. The van der Waals surface area contributed by atoms with Gasteiger partial charge in [-0.05, 0) is 25.7 Å². The third kappa shape index (κ3) is 37.5. The first kappa shape index (κ1) is 54.0. The lowest BCUT2D eigenvalue weighted by Crippen LogP contribution is -2.37. The molecular weight excluding hydrogens is 837 g/mol. The van der Waals surface area contributed by atoms with E-state index in [1.54, 1.807) is 0 Å². The van der Waals surface area contributed by atoms with Crippen molar-refractivity contribution >= 4 is 51.6 Å². The molecule has 0 rings (SSSR count). The molecule has 0 aromatic carbocycles. The van der Waals surface area contributed by atoms with Crippen molar-refractivity contribution in [1.29, 1.82) is 0 Å². The van der Waals surface area contributed by atoms with Gasteiger partial charge in [0.2, 0.25) is 0 Å². The smallest absolute Gasteiger partial charge is 0.462 e. The number of esters is 2. The average molecular weight is 921 g/mol. The third-order valence-corrected chi connectivity index (χ3v) is 13.6. The molecule has 322 valence electrons. The normalized spacial score (nSPS) is 14.7. The Labute approximate surface area is 349 Å². The van der Waals surface area contributed by atoms with Crippen LogP contribution in [-0.2, 0) is 32.7 Å². The Morgan fingerprint density at radius 1 is 0.574 bits per heavy atom. The van der Waals surface area contributed by atoms with E-state index in [4.69, 9.17) is 18.5 Å². The number of carbonyl (C=O) groups is 2. The molecule has 0 aliphatic rings. The van der Waals surface area contributed by atoms with Gasteiger partial charge in [0, 0.05) is 22.5 Å². The molecule has 1 N–H and O–H groups in total. The van der Waals surface area contributed by atoms with Crippen LogP contribution in [0.25, 0.3) is 0 Å². The van der Waals surface area contributed by atoms with E-state index in [1.807, 2.05) is 21.1 Å². The summed E-state index contributed by atoms with van der Waals surface area (Å²) < 4.78 is 34.3. The first-order valence-electron chi connectivity index (χ1n) is 21.8. The van der Waals surface area contributed by atoms with Crippen LogP contribution < -0.4 is 0 Å². The molecule has 0 amide bonds. The summed E-state index contributed by atoms with van der Waals surface area (Å²) in [6.07, 6.45) is 30.6. The fraction of sp³-hybridized carbons (Fsp3) is 0.952. The Morgan fingerprint density at radius 2 is 0.963 bits per heavy atom. The van der Waals surface area contributed by atoms with Crippen molar-refractivity contribution in [2.24, 2.45) is 0 Å². The Kier molecular flexibility index (Phi) is 36.1. The van der Waals surface area contributed by atoms with Gasteiger partial charge in [0.15, 0.2) is 6.10 Å². The number of rotatable bonds is 40. The first-order chi connectivity index (χ1) is 25.8. The minimum atomic E-state index is -4.38. The Hall–Kier alpha value is -0.0300. The first-order valence-corrected chi connectivity index (χ1v) is 25.2. The highest BCUT2D eigenvalue weighted by Crippen LogP contribution is 2.43. The van der Waals surface area contributed by atoms with Crippen LogP contribution in [0.2, 0.25) is 0 Å². The second-order valence-corrected chi connectivity index (χ2v) is 20.1. The number of phosphoric acid groups is 1. The van der Waals surface area contributed by atoms with E-state index in [1.165, 1.54) is 109 Å². The van der Waals surface area contributed by atoms with E-state index in [0.717, 1.165) is 51.4 Å². The van der Waals surface area contributed by atoms with E-state index < -0.39 is 26.5 Å². The maximum atomic E-state index is 12.7. The van der Waals surface area contributed by atoms with Gasteiger partial charge in [-0.3, -0.25) is 18.6 Å². The molecule has 12 heteroatoms. The minimum Gasteiger partial charge on any atom is -0.462 e. The highest BCUT2D eigenvalue weighted by molar-refractivity contribution is 9.12. The molecule has 0 aromatic heterocycles. The molecule has 0 aliphatic carbocycles. The Bertz CT molecular complexity index is 938. The SMILES string of the molecule is CCCCCCCCCCCCCCCC(=O)OCC(COP(=O)(O)OCC[N+](C)(C)C)OC(=O)CCCCCCCC(Br)C(Br)CCCCCCCC. The van der Waals surface area contributed by atoms with Crippen molar-refractivity contribution in [1.82, 2.24) is 0 Å². The molecule has 0 fully saturated rings. The van der Waals surface area contributed by atoms with Crippen LogP contribution in [0.3, 0.4) is 0 Å².